The Hall–Kier alpha value is -2.43. The van der Waals surface area contributed by atoms with Gasteiger partial charge in [-0.15, -0.1) is 0 Å². The highest BCUT2D eigenvalue weighted by molar-refractivity contribution is 5.80. The van der Waals surface area contributed by atoms with Gasteiger partial charge in [0.2, 0.25) is 5.91 Å². The van der Waals surface area contributed by atoms with Crippen molar-refractivity contribution < 1.29 is 4.79 Å². The summed E-state index contributed by atoms with van der Waals surface area (Å²) >= 11 is 0. The van der Waals surface area contributed by atoms with Gasteiger partial charge >= 0.3 is 0 Å². The summed E-state index contributed by atoms with van der Waals surface area (Å²) < 4.78 is 1.26. The topological polar surface area (TPSA) is 64.0 Å². The van der Waals surface area contributed by atoms with E-state index in [9.17, 15) is 9.59 Å². The molecule has 1 saturated carbocycles. The minimum atomic E-state index is -0.613. The summed E-state index contributed by atoms with van der Waals surface area (Å²) in [5, 5.41) is 7.27. The quantitative estimate of drug-likeness (QED) is 0.939. The van der Waals surface area contributed by atoms with Gasteiger partial charge in [0.25, 0.3) is 5.56 Å². The van der Waals surface area contributed by atoms with Gasteiger partial charge in [-0.3, -0.25) is 9.59 Å². The molecule has 1 unspecified atom stereocenters. The molecule has 114 valence electrons. The molecule has 22 heavy (non-hydrogen) atoms. The molecule has 1 aromatic carbocycles. The number of hydrogen-bond donors (Lipinski definition) is 1. The van der Waals surface area contributed by atoms with Gasteiger partial charge in [0, 0.05) is 17.7 Å². The molecule has 5 nitrogen and oxygen atoms in total. The minimum Gasteiger partial charge on any atom is -0.352 e. The number of hydrogen-bond acceptors (Lipinski definition) is 3. The second-order valence-electron chi connectivity index (χ2n) is 5.83. The van der Waals surface area contributed by atoms with E-state index >= 15 is 0 Å². The summed E-state index contributed by atoms with van der Waals surface area (Å²) in [5.41, 5.74) is 2.50. The van der Waals surface area contributed by atoms with Crippen molar-refractivity contribution in [2.75, 3.05) is 0 Å². The Morgan fingerprint density at radius 3 is 2.55 bits per heavy atom. The fraction of sp³-hybridized carbons (Fsp3) is 0.353. The molecule has 1 atom stereocenters. The highest BCUT2D eigenvalue weighted by Crippen LogP contribution is 2.20. The maximum Gasteiger partial charge on any atom is 0.267 e. The third kappa shape index (κ3) is 3.08. The summed E-state index contributed by atoms with van der Waals surface area (Å²) in [6, 6.07) is 10.7. The van der Waals surface area contributed by atoms with E-state index in [0.29, 0.717) is 5.69 Å². The molecule has 0 bridgehead atoms. The third-order valence-corrected chi connectivity index (χ3v) is 3.84. The number of amides is 1. The Morgan fingerprint density at radius 1 is 1.23 bits per heavy atom. The number of carbonyl (C=O) groups excluding carboxylic acids is 1. The monoisotopic (exact) mass is 297 g/mol. The van der Waals surface area contributed by atoms with Crippen molar-refractivity contribution in [3.63, 3.8) is 0 Å². The third-order valence-electron chi connectivity index (χ3n) is 3.84. The molecule has 1 fully saturated rings. The fourth-order valence-electron chi connectivity index (χ4n) is 2.24. The molecule has 1 aliphatic rings. The maximum absolute atomic E-state index is 12.1. The molecule has 0 aliphatic heterocycles. The van der Waals surface area contributed by atoms with E-state index in [4.69, 9.17) is 0 Å². The zero-order valence-electron chi connectivity index (χ0n) is 12.7. The van der Waals surface area contributed by atoms with Crippen LogP contribution in [0.1, 0.15) is 31.4 Å². The Kier molecular flexibility index (Phi) is 3.79. The smallest absolute Gasteiger partial charge is 0.267 e. The summed E-state index contributed by atoms with van der Waals surface area (Å²) in [6.07, 6.45) is 2.04. The van der Waals surface area contributed by atoms with Crippen molar-refractivity contribution in [3.8, 4) is 11.3 Å². The van der Waals surface area contributed by atoms with Crippen LogP contribution in [0.3, 0.4) is 0 Å². The van der Waals surface area contributed by atoms with Crippen molar-refractivity contribution >= 4 is 5.91 Å². The molecule has 1 heterocycles. The van der Waals surface area contributed by atoms with Crippen LogP contribution in [0.15, 0.2) is 41.2 Å². The van der Waals surface area contributed by atoms with E-state index in [-0.39, 0.29) is 17.5 Å². The second-order valence-corrected chi connectivity index (χ2v) is 5.83. The summed E-state index contributed by atoms with van der Waals surface area (Å²) in [4.78, 5) is 24.2. The molecule has 0 spiro atoms. The maximum atomic E-state index is 12.1. The highest BCUT2D eigenvalue weighted by Gasteiger charge is 2.27. The van der Waals surface area contributed by atoms with Gasteiger partial charge in [-0.1, -0.05) is 29.8 Å². The summed E-state index contributed by atoms with van der Waals surface area (Å²) in [7, 11) is 0. The Bertz CT molecular complexity index is 745. The van der Waals surface area contributed by atoms with Crippen LogP contribution in [0, 0.1) is 6.92 Å². The molecule has 0 saturated heterocycles. The predicted octanol–water partition coefficient (Wildman–Crippen LogP) is 2.06. The van der Waals surface area contributed by atoms with Crippen LogP contribution in [0.2, 0.25) is 0 Å². The van der Waals surface area contributed by atoms with Crippen molar-refractivity contribution in [1.82, 2.24) is 15.1 Å². The molecular formula is C17H19N3O2. The van der Waals surface area contributed by atoms with E-state index in [2.05, 4.69) is 10.4 Å². The standard InChI is InChI=1S/C17H19N3O2/c1-11-3-5-13(6-4-11)15-9-10-16(21)20(19-15)12(2)17(22)18-14-7-8-14/h3-6,9-10,12,14H,7-8H2,1-2H3,(H,18,22). The zero-order valence-corrected chi connectivity index (χ0v) is 12.7. The summed E-state index contributed by atoms with van der Waals surface area (Å²) in [5.74, 6) is -0.154. The molecule has 1 aliphatic carbocycles. The molecule has 5 heteroatoms. The number of benzene rings is 1. The van der Waals surface area contributed by atoms with Crippen molar-refractivity contribution in [2.24, 2.45) is 0 Å². The minimum absolute atomic E-state index is 0.154. The molecular weight excluding hydrogens is 278 g/mol. The average Bonchev–Trinajstić information content (AvgIpc) is 3.32. The zero-order chi connectivity index (χ0) is 15.7. The molecule has 3 rings (SSSR count). The first-order valence-corrected chi connectivity index (χ1v) is 7.52. The lowest BCUT2D eigenvalue weighted by Crippen LogP contribution is -2.37. The normalized spacial score (nSPS) is 15.4. The first-order chi connectivity index (χ1) is 10.5. The molecule has 0 radical (unpaired) electrons. The van der Waals surface area contributed by atoms with E-state index in [1.807, 2.05) is 31.2 Å². The first-order valence-electron chi connectivity index (χ1n) is 7.52. The SMILES string of the molecule is Cc1ccc(-c2ccc(=O)n(C(C)C(=O)NC3CC3)n2)cc1. The highest BCUT2D eigenvalue weighted by atomic mass is 16.2. The van der Waals surface area contributed by atoms with Crippen LogP contribution >= 0.6 is 0 Å². The van der Waals surface area contributed by atoms with Crippen molar-refractivity contribution in [2.45, 2.75) is 38.8 Å². The van der Waals surface area contributed by atoms with Crippen LogP contribution < -0.4 is 10.9 Å². The number of carbonyl (C=O) groups is 1. The second kappa shape index (κ2) is 5.75. The first kappa shape index (κ1) is 14.5. The largest absolute Gasteiger partial charge is 0.352 e. The van der Waals surface area contributed by atoms with Gasteiger partial charge in [-0.25, -0.2) is 4.68 Å². The van der Waals surface area contributed by atoms with Gasteiger partial charge in [0.1, 0.15) is 6.04 Å². The predicted molar refractivity (Wildman–Crippen MR) is 84.5 cm³/mol. The van der Waals surface area contributed by atoms with E-state index in [0.717, 1.165) is 24.0 Å². The molecule has 1 amide bonds. The number of nitrogens with one attached hydrogen (secondary N) is 1. The fourth-order valence-corrected chi connectivity index (χ4v) is 2.24. The van der Waals surface area contributed by atoms with Crippen LogP contribution in [0.4, 0.5) is 0 Å². The Labute approximate surface area is 129 Å². The van der Waals surface area contributed by atoms with Gasteiger partial charge in [0.05, 0.1) is 5.69 Å². The lowest BCUT2D eigenvalue weighted by Gasteiger charge is -2.14. The molecule has 1 aromatic heterocycles. The van der Waals surface area contributed by atoms with Gasteiger partial charge < -0.3 is 5.32 Å². The molecule has 1 N–H and O–H groups in total. The van der Waals surface area contributed by atoms with E-state index in [1.165, 1.54) is 10.7 Å². The lowest BCUT2D eigenvalue weighted by atomic mass is 10.1. The van der Waals surface area contributed by atoms with Crippen LogP contribution in [-0.4, -0.2) is 21.7 Å². The number of aromatic nitrogens is 2. The lowest BCUT2D eigenvalue weighted by molar-refractivity contribution is -0.124. The molecule has 2 aromatic rings. The van der Waals surface area contributed by atoms with E-state index < -0.39 is 6.04 Å². The van der Waals surface area contributed by atoms with Crippen LogP contribution in [0.25, 0.3) is 11.3 Å². The number of rotatable bonds is 4. The summed E-state index contributed by atoms with van der Waals surface area (Å²) in [6.45, 7) is 3.72. The Balaban J connectivity index is 1.90. The van der Waals surface area contributed by atoms with E-state index in [1.54, 1.807) is 13.0 Å². The van der Waals surface area contributed by atoms with Gasteiger partial charge in [0.15, 0.2) is 0 Å². The van der Waals surface area contributed by atoms with Gasteiger partial charge in [-0.05, 0) is 32.8 Å². The van der Waals surface area contributed by atoms with Crippen molar-refractivity contribution in [3.05, 3.63) is 52.3 Å². The number of aryl methyl sites for hydroxylation is 1. The van der Waals surface area contributed by atoms with Crippen molar-refractivity contribution in [1.29, 1.82) is 0 Å². The average molecular weight is 297 g/mol. The van der Waals surface area contributed by atoms with Gasteiger partial charge in [-0.2, -0.15) is 5.10 Å². The van der Waals surface area contributed by atoms with Crippen LogP contribution in [-0.2, 0) is 4.79 Å². The number of nitrogens with zero attached hydrogens (tertiary/aromatic N) is 2. The van der Waals surface area contributed by atoms with Crippen LogP contribution in [0.5, 0.6) is 0 Å². The Morgan fingerprint density at radius 2 is 1.91 bits per heavy atom.